The van der Waals surface area contributed by atoms with Crippen LogP contribution in [0.25, 0.3) is 0 Å². The van der Waals surface area contributed by atoms with E-state index >= 15 is 0 Å². The van der Waals surface area contributed by atoms with Crippen LogP contribution in [0.1, 0.15) is 58.1 Å². The number of carbonyl (C=O) groups excluding carboxylic acids is 1. The van der Waals surface area contributed by atoms with Gasteiger partial charge in [-0.3, -0.25) is 13.5 Å². The van der Waals surface area contributed by atoms with Gasteiger partial charge in [-0.2, -0.15) is 4.98 Å². The van der Waals surface area contributed by atoms with Gasteiger partial charge in [0.25, 0.3) is 5.91 Å². The molecule has 0 aliphatic carbocycles. The number of carbonyl (C=O) groups is 1. The number of benzene rings is 1. The lowest BCUT2D eigenvalue weighted by Crippen LogP contribution is -2.51. The van der Waals surface area contributed by atoms with Gasteiger partial charge in [-0.25, -0.2) is 9.00 Å². The van der Waals surface area contributed by atoms with Gasteiger partial charge in [0, 0.05) is 18.0 Å². The molecule has 10 nitrogen and oxygen atoms in total. The Hall–Kier alpha value is -2.01. The molecule has 1 fully saturated rings. The molecule has 1 aliphatic heterocycles. The Morgan fingerprint density at radius 3 is 2.12 bits per heavy atom. The van der Waals surface area contributed by atoms with Crippen LogP contribution in [-0.4, -0.2) is 67.5 Å². The Kier molecular flexibility index (Phi) is 10.6. The Balaban J connectivity index is 1.99. The van der Waals surface area contributed by atoms with E-state index in [4.69, 9.17) is 17.8 Å². The van der Waals surface area contributed by atoms with E-state index < -0.39 is 57.9 Å². The van der Waals surface area contributed by atoms with Crippen LogP contribution in [0.4, 0.5) is 5.82 Å². The summed E-state index contributed by atoms with van der Waals surface area (Å²) < 4.78 is 39.5. The number of aromatic nitrogens is 2. The van der Waals surface area contributed by atoms with E-state index in [1.54, 1.807) is 30.3 Å². The van der Waals surface area contributed by atoms with Crippen LogP contribution in [0.15, 0.2) is 47.4 Å². The van der Waals surface area contributed by atoms with Gasteiger partial charge in [0.05, 0.1) is 6.61 Å². The number of anilines is 1. The number of rotatable bonds is 10. The molecule has 0 spiro atoms. The Bertz CT molecular complexity index is 1320. The van der Waals surface area contributed by atoms with Gasteiger partial charge < -0.3 is 18.9 Å². The SMILES string of the molecule is CS(=O)O[C@H]1[C@@H](O[Si](C)(C)C(C)(C)C)[C@H](n2ccc(NC(=O)c3ccccc3)nc2=O)O[C@@H]1CO[Si](C)(C)C(C)(C)C. The van der Waals surface area contributed by atoms with Gasteiger partial charge >= 0.3 is 5.69 Å². The maximum absolute atomic E-state index is 13.4. The molecule has 2 aromatic rings. The summed E-state index contributed by atoms with van der Waals surface area (Å²) in [6, 6.07) is 10.2. The molecule has 1 amide bonds. The molecular formula is C29H47N3O7SSi2. The molecule has 1 aromatic heterocycles. The molecule has 0 radical (unpaired) electrons. The highest BCUT2D eigenvalue weighted by atomic mass is 32.2. The molecule has 1 N–H and O–H groups in total. The van der Waals surface area contributed by atoms with Gasteiger partial charge in [0.15, 0.2) is 33.9 Å². The first-order chi connectivity index (χ1) is 19.2. The highest BCUT2D eigenvalue weighted by Crippen LogP contribution is 2.43. The molecule has 0 bridgehead atoms. The number of nitrogens with zero attached hydrogens (tertiary/aromatic N) is 2. The zero-order chi connectivity index (χ0) is 31.7. The first-order valence-corrected chi connectivity index (χ1v) is 21.5. The summed E-state index contributed by atoms with van der Waals surface area (Å²) in [5, 5.41) is 2.48. The van der Waals surface area contributed by atoms with E-state index in [1.165, 1.54) is 17.0 Å². The van der Waals surface area contributed by atoms with Crippen molar-refractivity contribution in [2.45, 2.75) is 102 Å². The summed E-state index contributed by atoms with van der Waals surface area (Å²) in [6.07, 6.45) is -0.0945. The quantitative estimate of drug-likeness (QED) is 0.340. The molecule has 42 heavy (non-hydrogen) atoms. The fourth-order valence-electron chi connectivity index (χ4n) is 3.94. The fourth-order valence-corrected chi connectivity index (χ4v) is 6.79. The minimum Gasteiger partial charge on any atom is -0.414 e. The second-order valence-corrected chi connectivity index (χ2v) is 24.3. The number of ether oxygens (including phenoxy) is 1. The van der Waals surface area contributed by atoms with E-state index in [9.17, 15) is 13.8 Å². The van der Waals surface area contributed by atoms with Crippen LogP contribution < -0.4 is 11.0 Å². The lowest BCUT2D eigenvalue weighted by molar-refractivity contribution is -0.0503. The van der Waals surface area contributed by atoms with E-state index in [0.29, 0.717) is 5.56 Å². The lowest BCUT2D eigenvalue weighted by Gasteiger charge is -2.40. The Morgan fingerprint density at radius 1 is 1.00 bits per heavy atom. The number of hydrogen-bond acceptors (Lipinski definition) is 8. The summed E-state index contributed by atoms with van der Waals surface area (Å²) in [6.45, 7) is 21.5. The standard InChI is InChI=1S/C29H47N3O7SSi2/c1-28(2,3)41(8,9)36-19-21-23(38-40(7)35)24(39-42(10,11)29(4,5)6)26(37-21)32-18-17-22(31-27(32)34)30-25(33)20-15-13-12-14-16-20/h12-18,21,23-24,26H,19H2,1-11H3,(H,30,31,33,34)/t21-,23-,24-,26-,40?/m1/s1. The number of amides is 1. The minimum absolute atomic E-state index is 0.0349. The Labute approximate surface area is 254 Å². The monoisotopic (exact) mass is 637 g/mol. The predicted octanol–water partition coefficient (Wildman–Crippen LogP) is 5.48. The van der Waals surface area contributed by atoms with Gasteiger partial charge in [-0.05, 0) is 54.5 Å². The van der Waals surface area contributed by atoms with Crippen LogP contribution in [0.3, 0.4) is 0 Å². The van der Waals surface area contributed by atoms with Crippen LogP contribution >= 0.6 is 0 Å². The summed E-state index contributed by atoms with van der Waals surface area (Å²) in [4.78, 5) is 30.1. The first-order valence-electron chi connectivity index (χ1n) is 14.2. The Morgan fingerprint density at radius 2 is 1.60 bits per heavy atom. The molecule has 1 unspecified atom stereocenters. The molecule has 0 saturated carbocycles. The van der Waals surface area contributed by atoms with Gasteiger partial charge in [-0.15, -0.1) is 0 Å². The number of nitrogens with one attached hydrogen (secondary N) is 1. The second kappa shape index (κ2) is 12.9. The highest BCUT2D eigenvalue weighted by Gasteiger charge is 2.53. The molecule has 1 saturated heterocycles. The molecule has 5 atom stereocenters. The zero-order valence-electron chi connectivity index (χ0n) is 26.7. The predicted molar refractivity (Wildman–Crippen MR) is 171 cm³/mol. The van der Waals surface area contributed by atoms with Crippen molar-refractivity contribution in [3.8, 4) is 0 Å². The van der Waals surface area contributed by atoms with Crippen molar-refractivity contribution in [3.05, 3.63) is 58.6 Å². The van der Waals surface area contributed by atoms with Crippen molar-refractivity contribution in [1.29, 1.82) is 0 Å². The van der Waals surface area contributed by atoms with Crippen LogP contribution in [0, 0.1) is 0 Å². The fraction of sp³-hybridized carbons (Fsp3) is 0.621. The van der Waals surface area contributed by atoms with E-state index in [1.807, 2.05) is 6.07 Å². The first kappa shape index (κ1) is 34.5. The van der Waals surface area contributed by atoms with Crippen molar-refractivity contribution >= 4 is 39.4 Å². The molecule has 3 rings (SSSR count). The van der Waals surface area contributed by atoms with E-state index in [2.05, 4.69) is 78.0 Å². The van der Waals surface area contributed by atoms with Crippen LogP contribution in [0.5, 0.6) is 0 Å². The summed E-state index contributed by atoms with van der Waals surface area (Å²) >= 11 is -1.63. The lowest BCUT2D eigenvalue weighted by atomic mass is 10.1. The van der Waals surface area contributed by atoms with E-state index in [-0.39, 0.29) is 28.4 Å². The second-order valence-electron chi connectivity index (χ2n) is 13.8. The topological polar surface area (TPSA) is 118 Å². The molecular weight excluding hydrogens is 591 g/mol. The summed E-state index contributed by atoms with van der Waals surface area (Å²) in [5.41, 5.74) is -0.181. The van der Waals surface area contributed by atoms with Gasteiger partial charge in [0.1, 0.15) is 24.1 Å². The van der Waals surface area contributed by atoms with Gasteiger partial charge in [-0.1, -0.05) is 59.7 Å². The smallest absolute Gasteiger partial charge is 0.351 e. The van der Waals surface area contributed by atoms with E-state index in [0.717, 1.165) is 0 Å². The highest BCUT2D eigenvalue weighted by molar-refractivity contribution is 7.79. The van der Waals surface area contributed by atoms with Crippen molar-refractivity contribution in [1.82, 2.24) is 9.55 Å². The normalized spacial score (nSPS) is 22.6. The third-order valence-electron chi connectivity index (χ3n) is 8.57. The van der Waals surface area contributed by atoms with Crippen LogP contribution in [0.2, 0.25) is 36.3 Å². The molecule has 13 heteroatoms. The van der Waals surface area contributed by atoms with Crippen molar-refractivity contribution in [3.63, 3.8) is 0 Å². The third kappa shape index (κ3) is 8.13. The average molecular weight is 638 g/mol. The molecule has 2 heterocycles. The maximum atomic E-state index is 13.4. The molecule has 1 aliphatic rings. The average Bonchev–Trinajstić information content (AvgIpc) is 3.17. The zero-order valence-corrected chi connectivity index (χ0v) is 29.5. The summed E-state index contributed by atoms with van der Waals surface area (Å²) in [5.74, 6) is -0.261. The van der Waals surface area contributed by atoms with Gasteiger partial charge in [0.2, 0.25) is 0 Å². The number of hydrogen-bond donors (Lipinski definition) is 1. The third-order valence-corrected chi connectivity index (χ3v) is 18.0. The van der Waals surface area contributed by atoms with Crippen molar-refractivity contribution < 1.29 is 26.8 Å². The maximum Gasteiger partial charge on any atom is 0.351 e. The largest absolute Gasteiger partial charge is 0.414 e. The van der Waals surface area contributed by atoms with Crippen molar-refractivity contribution in [2.24, 2.45) is 0 Å². The minimum atomic E-state index is -2.43. The summed E-state index contributed by atoms with van der Waals surface area (Å²) in [7, 11) is -4.60. The van der Waals surface area contributed by atoms with Crippen LogP contribution in [-0.2, 0) is 28.9 Å². The van der Waals surface area contributed by atoms with Crippen molar-refractivity contribution in [2.75, 3.05) is 18.2 Å². The molecule has 1 aromatic carbocycles. The molecule has 234 valence electrons.